The van der Waals surface area contributed by atoms with Gasteiger partial charge in [0.15, 0.2) is 6.10 Å². The minimum atomic E-state index is -3.25. The number of anilines is 1. The molecule has 0 bridgehead atoms. The molecule has 1 aliphatic heterocycles. The molecule has 2 N–H and O–H groups in total. The van der Waals surface area contributed by atoms with Crippen molar-refractivity contribution in [2.75, 3.05) is 25.0 Å². The van der Waals surface area contributed by atoms with Crippen LogP contribution in [0.15, 0.2) is 61.1 Å². The number of amides is 2. The fourth-order valence-corrected chi connectivity index (χ4v) is 4.84. The summed E-state index contributed by atoms with van der Waals surface area (Å²) in [5.74, 6) is -3.24. The second-order valence-electron chi connectivity index (χ2n) is 9.76. The Hall–Kier alpha value is -3.92. The molecule has 3 atom stereocenters. The van der Waals surface area contributed by atoms with E-state index >= 15 is 0 Å². The van der Waals surface area contributed by atoms with Crippen LogP contribution in [-0.2, 0) is 9.59 Å². The number of benzene rings is 1. The number of hydrogen-bond acceptors (Lipinski definition) is 6. The van der Waals surface area contributed by atoms with E-state index < -0.39 is 31.1 Å². The molecule has 2 amide bonds. The van der Waals surface area contributed by atoms with Gasteiger partial charge in [-0.05, 0) is 71.8 Å². The molecular weight excluding hydrogens is 494 g/mol. The van der Waals surface area contributed by atoms with E-state index in [-0.39, 0.29) is 30.7 Å². The number of carbonyl (C=O) groups is 2. The Kier molecular flexibility index (Phi) is 7.07. The Morgan fingerprint density at radius 1 is 1.18 bits per heavy atom. The molecule has 1 saturated carbocycles. The van der Waals surface area contributed by atoms with Gasteiger partial charge in [0.2, 0.25) is 11.8 Å². The Labute approximate surface area is 218 Å². The van der Waals surface area contributed by atoms with Gasteiger partial charge in [0.25, 0.3) is 0 Å². The molecule has 8 nitrogen and oxygen atoms in total. The van der Waals surface area contributed by atoms with E-state index in [1.54, 1.807) is 43.7 Å². The lowest BCUT2D eigenvalue weighted by Crippen LogP contribution is -2.55. The number of halogens is 2. The summed E-state index contributed by atoms with van der Waals surface area (Å²) in [6.45, 7) is 0.279. The number of aliphatic hydroxyl groups excluding tert-OH is 1. The second kappa shape index (κ2) is 10.4. The van der Waals surface area contributed by atoms with Crippen molar-refractivity contribution >= 4 is 17.6 Å². The number of aryl methyl sites for hydroxylation is 1. The second-order valence-corrected chi connectivity index (χ2v) is 9.76. The molecule has 0 unspecified atom stereocenters. The highest BCUT2D eigenvalue weighted by atomic mass is 19.3. The molecule has 38 heavy (non-hydrogen) atoms. The summed E-state index contributed by atoms with van der Waals surface area (Å²) in [5.41, 5.74) is 3.36. The lowest BCUT2D eigenvalue weighted by atomic mass is 10.0. The summed E-state index contributed by atoms with van der Waals surface area (Å²) in [5, 5.41) is 11.9. The zero-order valence-corrected chi connectivity index (χ0v) is 20.8. The number of likely N-dealkylation sites (tertiary alicyclic amines) is 1. The molecule has 0 radical (unpaired) electrons. The van der Waals surface area contributed by atoms with Gasteiger partial charge in [-0.3, -0.25) is 14.6 Å². The number of hydrogen-bond donors (Lipinski definition) is 2. The average Bonchev–Trinajstić information content (AvgIpc) is 3.72. The van der Waals surface area contributed by atoms with Gasteiger partial charge in [-0.25, -0.2) is 13.8 Å². The highest BCUT2D eigenvalue weighted by molar-refractivity contribution is 5.95. The third-order valence-electron chi connectivity index (χ3n) is 7.05. The van der Waals surface area contributed by atoms with E-state index in [1.807, 2.05) is 24.3 Å². The standard InChI is InChI=1S/C28H28F2N4O4/c1-17-11-18(4-5-23(17)38-24-7-10-34(26(36)15-35)16-28(24,29)30)19-6-9-32-25(12-19)33-27(37)22-13-21(22)20-3-2-8-31-14-20/h2-6,8-9,11-12,14,21-22,24,35H,7,10,13,15-16H2,1H3,(H,32,33,37)/t21-,22+,24+/m1/s1. The van der Waals surface area contributed by atoms with Crippen molar-refractivity contribution in [3.05, 3.63) is 72.2 Å². The van der Waals surface area contributed by atoms with Gasteiger partial charge in [-0.1, -0.05) is 12.1 Å². The van der Waals surface area contributed by atoms with Gasteiger partial charge in [-0.15, -0.1) is 0 Å². The van der Waals surface area contributed by atoms with Crippen LogP contribution in [0.4, 0.5) is 14.6 Å². The molecule has 198 valence electrons. The number of pyridine rings is 2. The van der Waals surface area contributed by atoms with E-state index in [0.717, 1.165) is 28.0 Å². The van der Waals surface area contributed by atoms with Crippen molar-refractivity contribution in [2.24, 2.45) is 5.92 Å². The molecule has 0 spiro atoms. The molecular formula is C28H28F2N4O4. The van der Waals surface area contributed by atoms with Crippen LogP contribution in [0.3, 0.4) is 0 Å². The molecule has 2 aliphatic rings. The van der Waals surface area contributed by atoms with E-state index in [4.69, 9.17) is 9.84 Å². The first-order valence-electron chi connectivity index (χ1n) is 12.5. The summed E-state index contributed by atoms with van der Waals surface area (Å²) in [6.07, 6.45) is 4.45. The number of carbonyl (C=O) groups excluding carboxylic acids is 2. The Morgan fingerprint density at radius 2 is 2.00 bits per heavy atom. The van der Waals surface area contributed by atoms with E-state index in [2.05, 4.69) is 15.3 Å². The molecule has 1 saturated heterocycles. The molecule has 3 heterocycles. The van der Waals surface area contributed by atoms with Gasteiger partial charge in [0.1, 0.15) is 18.2 Å². The molecule has 5 rings (SSSR count). The third-order valence-corrected chi connectivity index (χ3v) is 7.05. The van der Waals surface area contributed by atoms with Crippen molar-refractivity contribution in [1.82, 2.24) is 14.9 Å². The van der Waals surface area contributed by atoms with Crippen molar-refractivity contribution in [3.63, 3.8) is 0 Å². The largest absolute Gasteiger partial charge is 0.484 e. The number of aromatic nitrogens is 2. The van der Waals surface area contributed by atoms with Crippen LogP contribution in [0.5, 0.6) is 5.75 Å². The van der Waals surface area contributed by atoms with Crippen LogP contribution in [0, 0.1) is 12.8 Å². The topological polar surface area (TPSA) is 105 Å². The normalized spacial score (nSPS) is 22.0. The summed E-state index contributed by atoms with van der Waals surface area (Å²) in [4.78, 5) is 33.7. The number of nitrogens with zero attached hydrogens (tertiary/aromatic N) is 3. The Balaban J connectivity index is 1.23. The maximum absolute atomic E-state index is 14.7. The minimum absolute atomic E-state index is 0.0457. The molecule has 1 aromatic carbocycles. The molecule has 1 aliphatic carbocycles. The maximum Gasteiger partial charge on any atom is 0.301 e. The van der Waals surface area contributed by atoms with Crippen molar-refractivity contribution in [2.45, 2.75) is 37.7 Å². The fourth-order valence-electron chi connectivity index (χ4n) is 4.84. The number of rotatable bonds is 7. The predicted molar refractivity (Wildman–Crippen MR) is 136 cm³/mol. The fraction of sp³-hybridized carbons (Fsp3) is 0.357. The predicted octanol–water partition coefficient (Wildman–Crippen LogP) is 3.80. The van der Waals surface area contributed by atoms with Gasteiger partial charge in [0.05, 0.1) is 6.54 Å². The average molecular weight is 523 g/mol. The number of ether oxygens (including phenoxy) is 1. The highest BCUT2D eigenvalue weighted by Crippen LogP contribution is 2.47. The summed E-state index contributed by atoms with van der Waals surface area (Å²) in [6, 6.07) is 12.7. The van der Waals surface area contributed by atoms with Crippen LogP contribution in [0.1, 0.15) is 29.9 Å². The lowest BCUT2D eigenvalue weighted by molar-refractivity contribution is -0.161. The first-order valence-corrected chi connectivity index (χ1v) is 12.5. The monoisotopic (exact) mass is 522 g/mol. The molecule has 2 aromatic heterocycles. The van der Waals surface area contributed by atoms with E-state index in [1.165, 1.54) is 0 Å². The Bertz CT molecular complexity index is 1340. The van der Waals surface area contributed by atoms with Crippen molar-refractivity contribution in [3.8, 4) is 16.9 Å². The third kappa shape index (κ3) is 5.50. The van der Waals surface area contributed by atoms with Gasteiger partial charge >= 0.3 is 5.92 Å². The molecule has 2 fully saturated rings. The number of nitrogens with one attached hydrogen (secondary N) is 1. The first-order chi connectivity index (χ1) is 18.2. The van der Waals surface area contributed by atoms with Crippen LogP contribution >= 0.6 is 0 Å². The number of piperidine rings is 1. The van der Waals surface area contributed by atoms with E-state index in [9.17, 15) is 18.4 Å². The Morgan fingerprint density at radius 3 is 2.71 bits per heavy atom. The van der Waals surface area contributed by atoms with Crippen LogP contribution in [-0.4, -0.2) is 63.5 Å². The van der Waals surface area contributed by atoms with Gasteiger partial charge < -0.3 is 20.1 Å². The summed E-state index contributed by atoms with van der Waals surface area (Å²) < 4.78 is 35.0. The molecule has 10 heteroatoms. The lowest BCUT2D eigenvalue weighted by Gasteiger charge is -2.38. The quantitative estimate of drug-likeness (QED) is 0.489. The van der Waals surface area contributed by atoms with Gasteiger partial charge in [0, 0.05) is 37.5 Å². The van der Waals surface area contributed by atoms with Crippen molar-refractivity contribution < 1.29 is 28.2 Å². The van der Waals surface area contributed by atoms with Gasteiger partial charge in [-0.2, -0.15) is 0 Å². The zero-order chi connectivity index (χ0) is 26.9. The smallest absolute Gasteiger partial charge is 0.301 e. The summed E-state index contributed by atoms with van der Waals surface area (Å²) >= 11 is 0. The highest BCUT2D eigenvalue weighted by Gasteiger charge is 2.47. The maximum atomic E-state index is 14.7. The number of aliphatic hydroxyl groups is 1. The van der Waals surface area contributed by atoms with E-state index in [0.29, 0.717) is 17.1 Å². The first kappa shape index (κ1) is 25.7. The SMILES string of the molecule is Cc1cc(-c2ccnc(NC(=O)[C@H]3C[C@@H]3c3cccnc3)c2)ccc1O[C@H]1CCN(C(=O)CO)CC1(F)F. The van der Waals surface area contributed by atoms with Crippen LogP contribution < -0.4 is 10.1 Å². The minimum Gasteiger partial charge on any atom is -0.484 e. The van der Waals surface area contributed by atoms with Crippen molar-refractivity contribution in [1.29, 1.82) is 0 Å². The number of alkyl halides is 2. The van der Waals surface area contributed by atoms with Crippen LogP contribution in [0.2, 0.25) is 0 Å². The molecule has 3 aromatic rings. The summed E-state index contributed by atoms with van der Waals surface area (Å²) in [7, 11) is 0. The van der Waals surface area contributed by atoms with Crippen LogP contribution in [0.25, 0.3) is 11.1 Å². The zero-order valence-electron chi connectivity index (χ0n) is 20.8.